The molecule has 5 nitrogen and oxygen atoms in total. The maximum Gasteiger partial charge on any atom is 0.325 e. The first-order valence-electron chi connectivity index (χ1n) is 6.96. The van der Waals surface area contributed by atoms with Gasteiger partial charge in [-0.2, -0.15) is 0 Å². The molecule has 1 aromatic heterocycles. The molecule has 1 aliphatic heterocycles. The highest BCUT2D eigenvalue weighted by molar-refractivity contribution is 7.10. The molecule has 1 saturated carbocycles. The topological polar surface area (TPSA) is 69.6 Å². The highest BCUT2D eigenvalue weighted by atomic mass is 32.1. The Hall–Kier alpha value is -1.84. The van der Waals surface area contributed by atoms with E-state index < -0.39 is 5.54 Å². The van der Waals surface area contributed by atoms with Gasteiger partial charge in [0.15, 0.2) is 0 Å². The van der Waals surface area contributed by atoms with Gasteiger partial charge in [-0.15, -0.1) is 11.3 Å². The Morgan fingerprint density at radius 3 is 2.86 bits per heavy atom. The second-order valence-corrected chi connectivity index (χ2v) is 6.33. The zero-order valence-corrected chi connectivity index (χ0v) is 12.3. The van der Waals surface area contributed by atoms with Gasteiger partial charge >= 0.3 is 6.03 Å². The number of hydrogen-bond donors (Lipinski definition) is 2. The predicted molar refractivity (Wildman–Crippen MR) is 78.6 cm³/mol. The Morgan fingerprint density at radius 1 is 1.38 bits per heavy atom. The Labute approximate surface area is 127 Å². The Morgan fingerprint density at radius 2 is 2.14 bits per heavy atom. The van der Waals surface area contributed by atoms with Crippen LogP contribution in [0.5, 0.6) is 0 Å². The average Bonchev–Trinajstić information content (AvgIpc) is 3.15. The minimum atomic E-state index is -0.661. The van der Waals surface area contributed by atoms with Crippen molar-refractivity contribution in [2.24, 2.45) is 0 Å². The average molecular weight is 304 g/mol. The first-order valence-corrected chi connectivity index (χ1v) is 7.84. The van der Waals surface area contributed by atoms with Crippen LogP contribution in [0.2, 0.25) is 0 Å². The van der Waals surface area contributed by atoms with Gasteiger partial charge in [0.25, 0.3) is 5.91 Å². The molecule has 0 bridgehead atoms. The monoisotopic (exact) mass is 304 g/mol. The molecule has 2 N–H and O–H groups in total. The third-order valence-corrected chi connectivity index (χ3v) is 4.96. The molecular weight excluding hydrogens is 288 g/mol. The molecule has 2 aliphatic rings. The summed E-state index contributed by atoms with van der Waals surface area (Å²) in [5.41, 5.74) is 0.104. The van der Waals surface area contributed by atoms with E-state index in [-0.39, 0.29) is 25.1 Å². The SMILES string of the molecule is O=C1NC2(CCCC2)C(=O)N1Cc1sccc1C#CCO. The first-order chi connectivity index (χ1) is 10.2. The predicted octanol–water partition coefficient (Wildman–Crippen LogP) is 1.46. The van der Waals surface area contributed by atoms with Gasteiger partial charge in [0.2, 0.25) is 0 Å². The number of aliphatic hydroxyl groups is 1. The van der Waals surface area contributed by atoms with Crippen molar-refractivity contribution in [3.63, 3.8) is 0 Å². The number of imide groups is 1. The molecule has 21 heavy (non-hydrogen) atoms. The molecule has 0 atom stereocenters. The van der Waals surface area contributed by atoms with E-state index in [4.69, 9.17) is 5.11 Å². The summed E-state index contributed by atoms with van der Waals surface area (Å²) in [5.74, 6) is 5.33. The van der Waals surface area contributed by atoms with Crippen LogP contribution in [0.25, 0.3) is 0 Å². The van der Waals surface area contributed by atoms with Gasteiger partial charge in [0, 0.05) is 10.4 Å². The van der Waals surface area contributed by atoms with Gasteiger partial charge in [-0.1, -0.05) is 24.7 Å². The van der Waals surface area contributed by atoms with E-state index in [1.807, 2.05) is 11.4 Å². The third kappa shape index (κ3) is 2.43. The van der Waals surface area contributed by atoms with Crippen LogP contribution >= 0.6 is 11.3 Å². The van der Waals surface area contributed by atoms with Crippen LogP contribution in [0, 0.1) is 11.8 Å². The molecule has 0 aromatic carbocycles. The van der Waals surface area contributed by atoms with E-state index >= 15 is 0 Å². The van der Waals surface area contributed by atoms with Gasteiger partial charge in [-0.25, -0.2) is 4.79 Å². The lowest BCUT2D eigenvalue weighted by Crippen LogP contribution is -2.44. The van der Waals surface area contributed by atoms with Gasteiger partial charge in [-0.3, -0.25) is 9.69 Å². The number of rotatable bonds is 2. The van der Waals surface area contributed by atoms with E-state index in [1.54, 1.807) is 0 Å². The first kappa shape index (κ1) is 14.1. The molecule has 110 valence electrons. The van der Waals surface area contributed by atoms with Crippen molar-refractivity contribution in [2.75, 3.05) is 6.61 Å². The highest BCUT2D eigenvalue weighted by Gasteiger charge is 2.52. The van der Waals surface area contributed by atoms with Crippen LogP contribution in [0.3, 0.4) is 0 Å². The van der Waals surface area contributed by atoms with E-state index in [0.717, 1.165) is 36.1 Å². The molecule has 1 saturated heterocycles. The molecule has 2 heterocycles. The largest absolute Gasteiger partial charge is 0.384 e. The normalized spacial score (nSPS) is 19.8. The fourth-order valence-corrected chi connectivity index (χ4v) is 3.81. The van der Waals surface area contributed by atoms with Crippen molar-refractivity contribution in [3.05, 3.63) is 21.9 Å². The number of hydrogen-bond acceptors (Lipinski definition) is 4. The van der Waals surface area contributed by atoms with Gasteiger partial charge in [0.05, 0.1) is 6.54 Å². The number of thiophene rings is 1. The quantitative estimate of drug-likeness (QED) is 0.642. The van der Waals surface area contributed by atoms with Crippen LogP contribution < -0.4 is 5.32 Å². The molecule has 6 heteroatoms. The smallest absolute Gasteiger partial charge is 0.325 e. The summed E-state index contributed by atoms with van der Waals surface area (Å²) in [6.07, 6.45) is 3.42. The fourth-order valence-electron chi connectivity index (χ4n) is 2.99. The molecule has 1 spiro atoms. The summed E-state index contributed by atoms with van der Waals surface area (Å²) in [6.45, 7) is 0.0427. The van der Waals surface area contributed by atoms with E-state index in [0.29, 0.717) is 0 Å². The number of nitrogens with zero attached hydrogens (tertiary/aromatic N) is 1. The van der Waals surface area contributed by atoms with Crippen molar-refractivity contribution in [1.29, 1.82) is 0 Å². The summed E-state index contributed by atoms with van der Waals surface area (Å²) in [6, 6.07) is 1.53. The molecule has 0 unspecified atom stereocenters. The standard InChI is InChI=1S/C15H16N2O3S/c18-8-3-4-11-5-9-21-12(11)10-17-13(19)15(16-14(17)20)6-1-2-7-15/h5,9,18H,1-2,6-8,10H2,(H,16,20). The molecule has 1 aromatic rings. The number of carbonyl (C=O) groups excluding carboxylic acids is 2. The lowest BCUT2D eigenvalue weighted by Gasteiger charge is -2.19. The number of carbonyl (C=O) groups is 2. The summed E-state index contributed by atoms with van der Waals surface area (Å²) in [5, 5.41) is 13.5. The zero-order valence-electron chi connectivity index (χ0n) is 11.5. The Balaban J connectivity index is 1.81. The van der Waals surface area contributed by atoms with Crippen LogP contribution in [-0.2, 0) is 11.3 Å². The summed E-state index contributed by atoms with van der Waals surface area (Å²) >= 11 is 1.46. The highest BCUT2D eigenvalue weighted by Crippen LogP contribution is 2.36. The van der Waals surface area contributed by atoms with Crippen LogP contribution in [0.4, 0.5) is 4.79 Å². The van der Waals surface area contributed by atoms with Crippen molar-refractivity contribution in [3.8, 4) is 11.8 Å². The molecular formula is C15H16N2O3S. The molecule has 2 fully saturated rings. The summed E-state index contributed by atoms with van der Waals surface area (Å²) in [4.78, 5) is 26.8. The van der Waals surface area contributed by atoms with E-state index in [2.05, 4.69) is 17.2 Å². The number of aliphatic hydroxyl groups excluding tert-OH is 1. The van der Waals surface area contributed by atoms with Crippen LogP contribution in [-0.4, -0.2) is 34.1 Å². The number of amides is 3. The van der Waals surface area contributed by atoms with Gasteiger partial charge in [0.1, 0.15) is 12.1 Å². The van der Waals surface area contributed by atoms with E-state index in [9.17, 15) is 9.59 Å². The van der Waals surface area contributed by atoms with Crippen LogP contribution in [0.15, 0.2) is 11.4 Å². The lowest BCUT2D eigenvalue weighted by molar-refractivity contribution is -0.131. The third-order valence-electron chi connectivity index (χ3n) is 4.05. The summed E-state index contributed by atoms with van der Waals surface area (Å²) in [7, 11) is 0. The van der Waals surface area contributed by atoms with Crippen molar-refractivity contribution in [1.82, 2.24) is 10.2 Å². The molecule has 0 radical (unpaired) electrons. The lowest BCUT2D eigenvalue weighted by atomic mass is 9.98. The van der Waals surface area contributed by atoms with Crippen LogP contribution in [0.1, 0.15) is 36.1 Å². The number of nitrogens with one attached hydrogen (secondary N) is 1. The minimum Gasteiger partial charge on any atom is -0.384 e. The Kier molecular flexibility index (Phi) is 3.70. The van der Waals surface area contributed by atoms with Gasteiger partial charge < -0.3 is 10.4 Å². The summed E-state index contributed by atoms with van der Waals surface area (Å²) < 4.78 is 0. The fraction of sp³-hybridized carbons (Fsp3) is 0.467. The van der Waals surface area contributed by atoms with E-state index in [1.165, 1.54) is 16.2 Å². The number of urea groups is 1. The molecule has 3 rings (SSSR count). The van der Waals surface area contributed by atoms with Gasteiger partial charge in [-0.05, 0) is 24.3 Å². The second-order valence-electron chi connectivity index (χ2n) is 5.33. The van der Waals surface area contributed by atoms with Crippen molar-refractivity contribution >= 4 is 23.3 Å². The maximum absolute atomic E-state index is 12.6. The Bertz CT molecular complexity index is 635. The minimum absolute atomic E-state index is 0.112. The second kappa shape index (κ2) is 5.51. The molecule has 3 amide bonds. The van der Waals surface area contributed by atoms with Crippen molar-refractivity contribution < 1.29 is 14.7 Å². The van der Waals surface area contributed by atoms with Crippen molar-refractivity contribution in [2.45, 2.75) is 37.8 Å². The molecule has 1 aliphatic carbocycles. The maximum atomic E-state index is 12.6. The zero-order chi connectivity index (χ0) is 14.9.